The zero-order chi connectivity index (χ0) is 25.7. The van der Waals surface area contributed by atoms with E-state index in [0.29, 0.717) is 39.4 Å². The Balaban J connectivity index is 1.35. The molecule has 2 fully saturated rings. The Bertz CT molecular complexity index is 1580. The second kappa shape index (κ2) is 9.48. The number of nitrogens with zero attached hydrogens (tertiary/aromatic N) is 4. The Morgan fingerprint density at radius 3 is 2.62 bits per heavy atom. The monoisotopic (exact) mass is 521 g/mol. The van der Waals surface area contributed by atoms with Gasteiger partial charge in [-0.25, -0.2) is 13.8 Å². The summed E-state index contributed by atoms with van der Waals surface area (Å²) < 4.78 is 28.9. The third kappa shape index (κ3) is 4.37. The highest BCUT2D eigenvalue weighted by molar-refractivity contribution is 7.99. The molecule has 2 aliphatic carbocycles. The van der Waals surface area contributed by atoms with Crippen LogP contribution in [-0.2, 0) is 4.79 Å². The van der Waals surface area contributed by atoms with E-state index in [2.05, 4.69) is 27.3 Å². The molecule has 2 saturated carbocycles. The number of hydrogen-bond acceptors (Lipinski definition) is 6. The van der Waals surface area contributed by atoms with Crippen LogP contribution in [0.3, 0.4) is 0 Å². The van der Waals surface area contributed by atoms with Crippen molar-refractivity contribution in [1.29, 1.82) is 0 Å². The van der Waals surface area contributed by atoms with Gasteiger partial charge in [0.15, 0.2) is 16.5 Å². The predicted octanol–water partition coefficient (Wildman–Crippen LogP) is 4.62. The van der Waals surface area contributed by atoms with Gasteiger partial charge in [0, 0.05) is 23.1 Å². The van der Waals surface area contributed by atoms with Gasteiger partial charge in [-0.2, -0.15) is 14.6 Å². The van der Waals surface area contributed by atoms with Crippen molar-refractivity contribution >= 4 is 34.2 Å². The summed E-state index contributed by atoms with van der Waals surface area (Å²) in [6.07, 6.45) is 4.66. The largest absolute Gasteiger partial charge is 0.352 e. The van der Waals surface area contributed by atoms with Crippen LogP contribution in [0.2, 0.25) is 0 Å². The number of carbonyl (C=O) groups excluding carboxylic acids is 1. The fraction of sp³-hybridized carbons (Fsp3) is 0.370. The molecule has 4 atom stereocenters. The van der Waals surface area contributed by atoms with Crippen LogP contribution in [-0.4, -0.2) is 37.3 Å². The van der Waals surface area contributed by atoms with Gasteiger partial charge in [-0.05, 0) is 73.4 Å². The van der Waals surface area contributed by atoms with E-state index in [1.807, 2.05) is 0 Å². The number of hydrogen-bond donors (Lipinski definition) is 1. The van der Waals surface area contributed by atoms with Crippen LogP contribution in [0.5, 0.6) is 0 Å². The number of rotatable bonds is 6. The fourth-order valence-electron chi connectivity index (χ4n) is 6.09. The van der Waals surface area contributed by atoms with Gasteiger partial charge in [-0.1, -0.05) is 25.1 Å². The minimum absolute atomic E-state index is 0.0276. The number of aromatic nitrogens is 4. The molecule has 10 heteroatoms. The molecule has 7 nitrogen and oxygen atoms in total. The zero-order valence-corrected chi connectivity index (χ0v) is 21.0. The van der Waals surface area contributed by atoms with Crippen molar-refractivity contribution in [3.63, 3.8) is 0 Å². The normalized spacial score (nSPS) is 22.7. The lowest BCUT2D eigenvalue weighted by atomic mass is 9.83. The second-order valence-electron chi connectivity index (χ2n) is 9.85. The summed E-state index contributed by atoms with van der Waals surface area (Å²) in [5, 5.41) is 8.51. The van der Waals surface area contributed by atoms with Crippen LogP contribution < -0.4 is 10.9 Å². The molecule has 4 aromatic rings. The summed E-state index contributed by atoms with van der Waals surface area (Å²) >= 11 is 1.16. The van der Waals surface area contributed by atoms with Gasteiger partial charge in [0.1, 0.15) is 11.6 Å². The maximum atomic E-state index is 14.0. The highest BCUT2D eigenvalue weighted by Crippen LogP contribution is 2.49. The average Bonchev–Trinajstić information content (AvgIpc) is 3.49. The van der Waals surface area contributed by atoms with E-state index >= 15 is 0 Å². The summed E-state index contributed by atoms with van der Waals surface area (Å²) in [6.45, 7) is 2.18. The van der Waals surface area contributed by atoms with Crippen molar-refractivity contribution in [1.82, 2.24) is 24.9 Å². The first-order valence-electron chi connectivity index (χ1n) is 12.5. The topological polar surface area (TPSA) is 89.2 Å². The van der Waals surface area contributed by atoms with E-state index in [-0.39, 0.29) is 29.0 Å². The maximum absolute atomic E-state index is 14.0. The quantitative estimate of drug-likeness (QED) is 0.226. The predicted molar refractivity (Wildman–Crippen MR) is 137 cm³/mol. The number of amides is 1. The first-order chi connectivity index (χ1) is 17.9. The number of fused-ring (bicyclic) bond motifs is 5. The Morgan fingerprint density at radius 2 is 1.84 bits per heavy atom. The van der Waals surface area contributed by atoms with Crippen molar-refractivity contribution in [2.75, 3.05) is 5.75 Å². The second-order valence-corrected chi connectivity index (χ2v) is 10.8. The van der Waals surface area contributed by atoms with Gasteiger partial charge in [0.05, 0.1) is 11.3 Å². The Hall–Kier alpha value is -3.40. The highest BCUT2D eigenvalue weighted by Gasteiger charge is 2.46. The molecule has 0 radical (unpaired) electrons. The SMILES string of the molecule is CC[C@H]1[C@H]2CC[C@@H](C2)[C@@H]1NC(=O)CSc1nc2cc(F)ccc2c2nc(=O)c(-c3ccc(F)cc3)nn12. The minimum Gasteiger partial charge on any atom is -0.352 e. The van der Waals surface area contributed by atoms with Crippen LogP contribution in [0, 0.1) is 29.4 Å². The molecule has 2 aromatic heterocycles. The van der Waals surface area contributed by atoms with Crippen LogP contribution in [0.15, 0.2) is 52.4 Å². The van der Waals surface area contributed by atoms with Crippen molar-refractivity contribution in [2.24, 2.45) is 17.8 Å². The van der Waals surface area contributed by atoms with Crippen LogP contribution in [0.1, 0.15) is 32.6 Å². The summed E-state index contributed by atoms with van der Waals surface area (Å²) in [5.41, 5.74) is 0.357. The molecule has 6 rings (SSSR count). The lowest BCUT2D eigenvalue weighted by Crippen LogP contribution is -2.44. The smallest absolute Gasteiger partial charge is 0.300 e. The zero-order valence-electron chi connectivity index (χ0n) is 20.2. The molecule has 0 saturated heterocycles. The summed E-state index contributed by atoms with van der Waals surface area (Å²) in [5.74, 6) is 0.847. The van der Waals surface area contributed by atoms with E-state index in [0.717, 1.165) is 24.6 Å². The molecule has 190 valence electrons. The molecule has 0 spiro atoms. The molecule has 1 amide bonds. The van der Waals surface area contributed by atoms with E-state index in [1.54, 1.807) is 0 Å². The third-order valence-electron chi connectivity index (χ3n) is 7.75. The summed E-state index contributed by atoms with van der Waals surface area (Å²) in [7, 11) is 0. The Morgan fingerprint density at radius 1 is 1.08 bits per heavy atom. The molecule has 1 N–H and O–H groups in total. The van der Waals surface area contributed by atoms with E-state index in [1.165, 1.54) is 59.8 Å². The number of benzene rings is 2. The number of nitrogens with one attached hydrogen (secondary N) is 1. The molecule has 2 bridgehead atoms. The molecule has 2 heterocycles. The molecule has 2 aromatic carbocycles. The van der Waals surface area contributed by atoms with E-state index < -0.39 is 17.2 Å². The van der Waals surface area contributed by atoms with Crippen LogP contribution in [0.4, 0.5) is 8.78 Å². The van der Waals surface area contributed by atoms with Crippen molar-refractivity contribution in [3.05, 3.63) is 64.5 Å². The first kappa shape index (κ1) is 24.0. The van der Waals surface area contributed by atoms with Gasteiger partial charge in [-0.3, -0.25) is 9.59 Å². The summed E-state index contributed by atoms with van der Waals surface area (Å²) in [6, 6.07) is 9.63. The highest BCUT2D eigenvalue weighted by atomic mass is 32.2. The number of carbonyl (C=O) groups is 1. The van der Waals surface area contributed by atoms with Gasteiger partial charge < -0.3 is 5.32 Å². The molecule has 2 aliphatic rings. The lowest BCUT2D eigenvalue weighted by molar-refractivity contribution is -0.120. The van der Waals surface area contributed by atoms with Crippen molar-refractivity contribution in [2.45, 2.75) is 43.8 Å². The Labute approximate surface area is 215 Å². The third-order valence-corrected chi connectivity index (χ3v) is 8.68. The van der Waals surface area contributed by atoms with Gasteiger partial charge in [-0.15, -0.1) is 0 Å². The van der Waals surface area contributed by atoms with Crippen molar-refractivity contribution in [3.8, 4) is 11.3 Å². The molecule has 0 aliphatic heterocycles. The van der Waals surface area contributed by atoms with Crippen LogP contribution in [0.25, 0.3) is 27.8 Å². The van der Waals surface area contributed by atoms with Gasteiger partial charge in [0.2, 0.25) is 5.91 Å². The van der Waals surface area contributed by atoms with E-state index in [9.17, 15) is 18.4 Å². The van der Waals surface area contributed by atoms with Crippen molar-refractivity contribution < 1.29 is 13.6 Å². The fourth-order valence-corrected chi connectivity index (χ4v) is 6.85. The molecular weight excluding hydrogens is 496 g/mol. The van der Waals surface area contributed by atoms with Crippen LogP contribution >= 0.6 is 11.8 Å². The molecule has 37 heavy (non-hydrogen) atoms. The standard InChI is InChI=1S/C27H25F2N5O2S/c1-2-19-15-3-4-16(11-15)23(19)31-22(35)13-37-27-30-21-12-18(29)9-10-20(21)25-32-26(36)24(33-34(25)27)14-5-7-17(28)8-6-14/h5-10,12,15-16,19,23H,2-4,11,13H2,1H3,(H,31,35)/t15-,16-,19-,23-/m0/s1. The summed E-state index contributed by atoms with van der Waals surface area (Å²) in [4.78, 5) is 34.6. The minimum atomic E-state index is -0.598. The first-order valence-corrected chi connectivity index (χ1v) is 13.5. The molecular formula is C27H25F2N5O2S. The van der Waals surface area contributed by atoms with E-state index in [4.69, 9.17) is 0 Å². The maximum Gasteiger partial charge on any atom is 0.300 e. The molecule has 0 unspecified atom stereocenters. The number of halogens is 2. The van der Waals surface area contributed by atoms with Gasteiger partial charge >= 0.3 is 0 Å². The number of thioether (sulfide) groups is 1. The Kier molecular flexibility index (Phi) is 6.14. The van der Waals surface area contributed by atoms with Gasteiger partial charge in [0.25, 0.3) is 5.56 Å². The average molecular weight is 522 g/mol. The lowest BCUT2D eigenvalue weighted by Gasteiger charge is -2.31.